The van der Waals surface area contributed by atoms with Crippen molar-refractivity contribution < 1.29 is 18.1 Å². The van der Waals surface area contributed by atoms with Crippen molar-refractivity contribution in [1.29, 1.82) is 0 Å². The number of benzene rings is 1. The van der Waals surface area contributed by atoms with Gasteiger partial charge in [-0.2, -0.15) is 0 Å². The van der Waals surface area contributed by atoms with Gasteiger partial charge in [-0.05, 0) is 37.1 Å². The van der Waals surface area contributed by atoms with Crippen LogP contribution >= 0.6 is 11.3 Å². The molecule has 0 spiro atoms. The summed E-state index contributed by atoms with van der Waals surface area (Å²) in [5.74, 6) is 0.807. The number of hydrogen-bond acceptors (Lipinski definition) is 8. The second-order valence-electron chi connectivity index (χ2n) is 6.41. The summed E-state index contributed by atoms with van der Waals surface area (Å²) >= 11 is 0.921. The van der Waals surface area contributed by atoms with Crippen LogP contribution in [0.25, 0.3) is 0 Å². The molecule has 0 saturated carbocycles. The summed E-state index contributed by atoms with van der Waals surface area (Å²) in [4.78, 5) is 13.0. The molecule has 0 bridgehead atoms. The van der Waals surface area contributed by atoms with Crippen molar-refractivity contribution in [2.24, 2.45) is 0 Å². The highest BCUT2D eigenvalue weighted by molar-refractivity contribution is 7.92. The van der Waals surface area contributed by atoms with E-state index in [1.54, 1.807) is 7.11 Å². The van der Waals surface area contributed by atoms with E-state index in [1.807, 2.05) is 24.3 Å². The molecule has 3 rings (SSSR count). The van der Waals surface area contributed by atoms with Crippen molar-refractivity contribution in [3.05, 3.63) is 40.4 Å². The second kappa shape index (κ2) is 7.73. The van der Waals surface area contributed by atoms with Gasteiger partial charge in [-0.3, -0.25) is 10.1 Å². The van der Waals surface area contributed by atoms with Gasteiger partial charge < -0.3 is 15.0 Å². The lowest BCUT2D eigenvalue weighted by atomic mass is 10.0. The Labute approximate surface area is 161 Å². The summed E-state index contributed by atoms with van der Waals surface area (Å²) < 4.78 is 28.6. The molecular formula is C17H21N3O5S2. The van der Waals surface area contributed by atoms with E-state index in [1.165, 1.54) is 0 Å². The molecule has 1 aromatic heterocycles. The first-order valence-electron chi connectivity index (χ1n) is 8.42. The number of hydrogen-bond donors (Lipinski definition) is 1. The van der Waals surface area contributed by atoms with Crippen molar-refractivity contribution in [3.8, 4) is 5.75 Å². The van der Waals surface area contributed by atoms with E-state index >= 15 is 0 Å². The van der Waals surface area contributed by atoms with Gasteiger partial charge in [-0.15, -0.1) is 0 Å². The number of sulfone groups is 1. The zero-order valence-corrected chi connectivity index (χ0v) is 16.7. The molecule has 10 heteroatoms. The minimum Gasteiger partial charge on any atom is -0.497 e. The Hall–Kier alpha value is -2.33. The van der Waals surface area contributed by atoms with Crippen LogP contribution < -0.4 is 15.0 Å². The molecular weight excluding hydrogens is 390 g/mol. The van der Waals surface area contributed by atoms with Crippen LogP contribution in [0.4, 0.5) is 16.4 Å². The summed E-state index contributed by atoms with van der Waals surface area (Å²) in [6.07, 6.45) is 2.66. The van der Waals surface area contributed by atoms with Crippen LogP contribution in [0, 0.1) is 10.1 Å². The SMILES string of the molecule is COc1ccc(N2CCC(Nc3sc(S(C)(=O)=O)cc3[N+](=O)[O-])CC2)cc1. The molecule has 0 amide bonds. The number of nitrogens with zero attached hydrogens (tertiary/aromatic N) is 2. The lowest BCUT2D eigenvalue weighted by molar-refractivity contribution is -0.383. The van der Waals surface area contributed by atoms with E-state index in [0.29, 0.717) is 5.00 Å². The molecule has 1 aromatic carbocycles. The third-order valence-corrected chi connectivity index (χ3v) is 7.38. The summed E-state index contributed by atoms with van der Waals surface area (Å²) in [5.41, 5.74) is 0.925. The van der Waals surface area contributed by atoms with Crippen molar-refractivity contribution in [2.75, 3.05) is 36.7 Å². The van der Waals surface area contributed by atoms with Crippen LogP contribution in [0.5, 0.6) is 5.75 Å². The van der Waals surface area contributed by atoms with Gasteiger partial charge in [0.25, 0.3) is 0 Å². The Morgan fingerprint density at radius 1 is 1.26 bits per heavy atom. The lowest BCUT2D eigenvalue weighted by Gasteiger charge is -2.34. The molecule has 1 aliphatic rings. The van der Waals surface area contributed by atoms with Crippen LogP contribution in [0.1, 0.15) is 12.8 Å². The highest BCUT2D eigenvalue weighted by atomic mass is 32.2. The number of thiophene rings is 1. The Morgan fingerprint density at radius 3 is 2.41 bits per heavy atom. The molecule has 0 radical (unpaired) electrons. The second-order valence-corrected chi connectivity index (χ2v) is 9.71. The third kappa shape index (κ3) is 4.51. The van der Waals surface area contributed by atoms with E-state index in [-0.39, 0.29) is 15.9 Å². The molecule has 0 aliphatic carbocycles. The molecule has 0 unspecified atom stereocenters. The predicted octanol–water partition coefficient (Wildman–Crippen LogP) is 3.15. The smallest absolute Gasteiger partial charge is 0.304 e. The molecule has 146 valence electrons. The predicted molar refractivity (Wildman–Crippen MR) is 106 cm³/mol. The van der Waals surface area contributed by atoms with E-state index in [0.717, 1.165) is 61.0 Å². The first-order chi connectivity index (χ1) is 12.8. The number of nitrogens with one attached hydrogen (secondary N) is 1. The minimum atomic E-state index is -3.47. The Morgan fingerprint density at radius 2 is 1.89 bits per heavy atom. The van der Waals surface area contributed by atoms with Gasteiger partial charge in [0.05, 0.1) is 12.0 Å². The number of rotatable bonds is 6. The lowest BCUT2D eigenvalue weighted by Crippen LogP contribution is -2.39. The zero-order valence-electron chi connectivity index (χ0n) is 15.0. The van der Waals surface area contributed by atoms with Gasteiger partial charge >= 0.3 is 5.69 Å². The van der Waals surface area contributed by atoms with Crippen LogP contribution in [-0.2, 0) is 9.84 Å². The molecule has 1 N–H and O–H groups in total. The van der Waals surface area contributed by atoms with E-state index in [4.69, 9.17) is 4.74 Å². The fourth-order valence-corrected chi connectivity index (χ4v) is 5.06. The molecule has 27 heavy (non-hydrogen) atoms. The molecule has 1 aliphatic heterocycles. The number of anilines is 2. The fraction of sp³-hybridized carbons (Fsp3) is 0.412. The Kier molecular flexibility index (Phi) is 5.56. The van der Waals surface area contributed by atoms with Gasteiger partial charge in [-0.25, -0.2) is 8.42 Å². The van der Waals surface area contributed by atoms with Crippen molar-refractivity contribution in [1.82, 2.24) is 0 Å². The summed E-state index contributed by atoms with van der Waals surface area (Å²) in [7, 11) is -1.84. The van der Waals surface area contributed by atoms with Crippen molar-refractivity contribution in [3.63, 3.8) is 0 Å². The van der Waals surface area contributed by atoms with Gasteiger partial charge in [0.2, 0.25) is 0 Å². The van der Waals surface area contributed by atoms with E-state index in [2.05, 4.69) is 10.2 Å². The maximum atomic E-state index is 11.7. The number of ether oxygens (including phenoxy) is 1. The molecule has 2 heterocycles. The molecule has 1 fully saturated rings. The van der Waals surface area contributed by atoms with Crippen molar-refractivity contribution >= 4 is 37.5 Å². The van der Waals surface area contributed by atoms with Gasteiger partial charge in [0.1, 0.15) is 9.96 Å². The van der Waals surface area contributed by atoms with Crippen molar-refractivity contribution in [2.45, 2.75) is 23.1 Å². The zero-order chi connectivity index (χ0) is 19.6. The molecule has 0 atom stereocenters. The maximum Gasteiger partial charge on any atom is 0.304 e. The largest absolute Gasteiger partial charge is 0.497 e. The molecule has 1 saturated heterocycles. The summed E-state index contributed by atoms with van der Waals surface area (Å²) in [6, 6.07) is 9.05. The Balaban J connectivity index is 1.67. The average molecular weight is 412 g/mol. The fourth-order valence-electron chi connectivity index (χ4n) is 3.04. The van der Waals surface area contributed by atoms with Crippen LogP contribution in [-0.4, -0.2) is 45.8 Å². The van der Waals surface area contributed by atoms with Gasteiger partial charge in [0, 0.05) is 37.1 Å². The average Bonchev–Trinajstić information content (AvgIpc) is 3.07. The van der Waals surface area contributed by atoms with E-state index in [9.17, 15) is 18.5 Å². The van der Waals surface area contributed by atoms with Crippen LogP contribution in [0.15, 0.2) is 34.5 Å². The van der Waals surface area contributed by atoms with Gasteiger partial charge in [0.15, 0.2) is 14.8 Å². The highest BCUT2D eigenvalue weighted by Crippen LogP contribution is 2.38. The topological polar surface area (TPSA) is 102 Å². The first-order valence-corrected chi connectivity index (χ1v) is 11.1. The minimum absolute atomic E-state index is 0.00682. The van der Waals surface area contributed by atoms with Gasteiger partial charge in [-0.1, -0.05) is 11.3 Å². The summed E-state index contributed by atoms with van der Waals surface area (Å²) in [6.45, 7) is 1.62. The third-order valence-electron chi connectivity index (χ3n) is 4.52. The number of nitro groups is 1. The normalized spacial score (nSPS) is 15.6. The number of methoxy groups -OCH3 is 1. The van der Waals surface area contributed by atoms with E-state index < -0.39 is 14.8 Å². The number of piperidine rings is 1. The first kappa shape index (κ1) is 19.4. The molecule has 2 aromatic rings. The highest BCUT2D eigenvalue weighted by Gasteiger charge is 2.27. The van der Waals surface area contributed by atoms with Crippen LogP contribution in [0.2, 0.25) is 0 Å². The quantitative estimate of drug-likeness (QED) is 0.575. The maximum absolute atomic E-state index is 11.7. The summed E-state index contributed by atoms with van der Waals surface area (Å²) in [5, 5.41) is 14.7. The molecule has 8 nitrogen and oxygen atoms in total. The monoisotopic (exact) mass is 411 g/mol. The van der Waals surface area contributed by atoms with Crippen LogP contribution in [0.3, 0.4) is 0 Å². The Bertz CT molecular complexity index is 917. The standard InChI is InChI=1S/C17H21N3O5S2/c1-25-14-5-3-13(4-6-14)19-9-7-12(8-10-19)18-17-15(20(21)22)11-16(26-17)27(2,23)24/h3-6,11-12,18H,7-10H2,1-2H3.